The molecule has 0 fully saturated rings. The third-order valence-corrected chi connectivity index (χ3v) is 3.76. The van der Waals surface area contributed by atoms with E-state index in [1.54, 1.807) is 7.05 Å². The number of amides is 2. The number of hydrogen-bond donors (Lipinski definition) is 2. The lowest BCUT2D eigenvalue weighted by molar-refractivity contribution is 0.194. The van der Waals surface area contributed by atoms with Crippen molar-refractivity contribution in [2.45, 2.75) is 19.9 Å². The standard InChI is InChI=1S/C15H18N4O/c1-10-3-5-11(6-4-10)14-12-9-19(15(20)16-2)8-7-13(12)17-18-14/h3-6H,7-9H2,1-2H3,(H,16,20)(H,17,18). The molecular formula is C15H18N4O. The van der Waals surface area contributed by atoms with Crippen molar-refractivity contribution in [3.05, 3.63) is 41.1 Å². The minimum Gasteiger partial charge on any atom is -0.341 e. The van der Waals surface area contributed by atoms with Crippen molar-refractivity contribution < 1.29 is 4.79 Å². The van der Waals surface area contributed by atoms with E-state index < -0.39 is 0 Å². The van der Waals surface area contributed by atoms with Crippen molar-refractivity contribution >= 4 is 6.03 Å². The number of H-pyrrole nitrogens is 1. The van der Waals surface area contributed by atoms with Crippen LogP contribution in [-0.2, 0) is 13.0 Å². The Morgan fingerprint density at radius 1 is 1.35 bits per heavy atom. The normalized spacial score (nSPS) is 14.0. The van der Waals surface area contributed by atoms with Gasteiger partial charge in [0.1, 0.15) is 0 Å². The fraction of sp³-hybridized carbons (Fsp3) is 0.333. The predicted molar refractivity (Wildman–Crippen MR) is 77.3 cm³/mol. The summed E-state index contributed by atoms with van der Waals surface area (Å²) in [5, 5.41) is 10.2. The maximum Gasteiger partial charge on any atom is 0.317 e. The molecule has 5 heteroatoms. The predicted octanol–water partition coefficient (Wildman–Crippen LogP) is 2.08. The van der Waals surface area contributed by atoms with E-state index >= 15 is 0 Å². The summed E-state index contributed by atoms with van der Waals surface area (Å²) in [5.74, 6) is 0. The molecule has 0 atom stereocenters. The lowest BCUT2D eigenvalue weighted by Gasteiger charge is -2.26. The van der Waals surface area contributed by atoms with Gasteiger partial charge in [0.15, 0.2) is 0 Å². The van der Waals surface area contributed by atoms with Crippen LogP contribution in [0, 0.1) is 6.92 Å². The van der Waals surface area contributed by atoms with E-state index in [-0.39, 0.29) is 6.03 Å². The molecule has 0 unspecified atom stereocenters. The summed E-state index contributed by atoms with van der Waals surface area (Å²) in [7, 11) is 1.66. The number of rotatable bonds is 1. The summed E-state index contributed by atoms with van der Waals surface area (Å²) >= 11 is 0. The minimum absolute atomic E-state index is 0.0355. The number of nitrogens with one attached hydrogen (secondary N) is 2. The summed E-state index contributed by atoms with van der Waals surface area (Å²) in [6.45, 7) is 3.40. The minimum atomic E-state index is -0.0355. The van der Waals surface area contributed by atoms with Gasteiger partial charge in [-0.3, -0.25) is 5.10 Å². The molecule has 1 aromatic heterocycles. The number of aromatic nitrogens is 2. The average Bonchev–Trinajstić information content (AvgIpc) is 2.90. The van der Waals surface area contributed by atoms with Gasteiger partial charge in [0.05, 0.1) is 12.2 Å². The van der Waals surface area contributed by atoms with Crippen LogP contribution < -0.4 is 5.32 Å². The zero-order valence-electron chi connectivity index (χ0n) is 11.7. The number of urea groups is 1. The molecule has 3 rings (SSSR count). The molecule has 0 radical (unpaired) electrons. The smallest absolute Gasteiger partial charge is 0.317 e. The van der Waals surface area contributed by atoms with E-state index in [1.807, 2.05) is 4.90 Å². The van der Waals surface area contributed by atoms with E-state index in [1.165, 1.54) is 5.56 Å². The third kappa shape index (κ3) is 2.15. The van der Waals surface area contributed by atoms with Gasteiger partial charge in [0.2, 0.25) is 0 Å². The molecule has 2 amide bonds. The SMILES string of the molecule is CNC(=O)N1CCc2[nH]nc(-c3ccc(C)cc3)c2C1. The number of aromatic amines is 1. The van der Waals surface area contributed by atoms with Gasteiger partial charge >= 0.3 is 6.03 Å². The molecule has 1 aliphatic rings. The second-order valence-corrected chi connectivity index (χ2v) is 5.12. The molecule has 0 saturated carbocycles. The Kier molecular flexibility index (Phi) is 3.18. The molecular weight excluding hydrogens is 252 g/mol. The van der Waals surface area contributed by atoms with Crippen LogP contribution >= 0.6 is 0 Å². The lowest BCUT2D eigenvalue weighted by Crippen LogP contribution is -2.41. The Morgan fingerprint density at radius 3 is 2.80 bits per heavy atom. The monoisotopic (exact) mass is 270 g/mol. The van der Waals surface area contributed by atoms with Crippen LogP contribution in [0.2, 0.25) is 0 Å². The second-order valence-electron chi connectivity index (χ2n) is 5.12. The van der Waals surface area contributed by atoms with E-state index in [0.29, 0.717) is 6.54 Å². The van der Waals surface area contributed by atoms with E-state index in [0.717, 1.165) is 35.5 Å². The fourth-order valence-corrected chi connectivity index (χ4v) is 2.58. The van der Waals surface area contributed by atoms with E-state index in [4.69, 9.17) is 0 Å². The molecule has 0 saturated heterocycles. The van der Waals surface area contributed by atoms with Crippen molar-refractivity contribution in [1.29, 1.82) is 0 Å². The molecule has 2 aromatic rings. The summed E-state index contributed by atoms with van der Waals surface area (Å²) in [6, 6.07) is 8.27. The number of nitrogens with zero attached hydrogens (tertiary/aromatic N) is 2. The van der Waals surface area contributed by atoms with Gasteiger partial charge in [0, 0.05) is 36.8 Å². The first kappa shape index (κ1) is 12.7. The molecule has 0 bridgehead atoms. The van der Waals surface area contributed by atoms with Gasteiger partial charge in [-0.05, 0) is 6.92 Å². The zero-order chi connectivity index (χ0) is 14.1. The van der Waals surface area contributed by atoms with Crippen molar-refractivity contribution in [2.75, 3.05) is 13.6 Å². The summed E-state index contributed by atoms with van der Waals surface area (Å²) in [6.07, 6.45) is 0.821. The van der Waals surface area contributed by atoms with Crippen molar-refractivity contribution in [1.82, 2.24) is 20.4 Å². The highest BCUT2D eigenvalue weighted by Crippen LogP contribution is 2.28. The lowest BCUT2D eigenvalue weighted by atomic mass is 10.0. The first-order chi connectivity index (χ1) is 9.69. The first-order valence-electron chi connectivity index (χ1n) is 6.79. The largest absolute Gasteiger partial charge is 0.341 e. The highest BCUT2D eigenvalue weighted by molar-refractivity contribution is 5.75. The molecule has 1 aliphatic heterocycles. The molecule has 5 nitrogen and oxygen atoms in total. The molecule has 2 N–H and O–H groups in total. The summed E-state index contributed by atoms with van der Waals surface area (Å²) in [4.78, 5) is 13.6. The van der Waals surface area contributed by atoms with Crippen molar-refractivity contribution in [3.63, 3.8) is 0 Å². The number of benzene rings is 1. The molecule has 20 heavy (non-hydrogen) atoms. The molecule has 0 aliphatic carbocycles. The van der Waals surface area contributed by atoms with Crippen LogP contribution in [0.5, 0.6) is 0 Å². The third-order valence-electron chi connectivity index (χ3n) is 3.76. The summed E-state index contributed by atoms with van der Waals surface area (Å²) in [5.41, 5.74) is 5.54. The highest BCUT2D eigenvalue weighted by atomic mass is 16.2. The topological polar surface area (TPSA) is 61.0 Å². The average molecular weight is 270 g/mol. The molecule has 0 spiro atoms. The maximum absolute atomic E-state index is 11.8. The highest BCUT2D eigenvalue weighted by Gasteiger charge is 2.24. The van der Waals surface area contributed by atoms with Crippen LogP contribution in [0.15, 0.2) is 24.3 Å². The number of carbonyl (C=O) groups excluding carboxylic acids is 1. The van der Waals surface area contributed by atoms with Crippen molar-refractivity contribution in [2.24, 2.45) is 0 Å². The Balaban J connectivity index is 1.94. The van der Waals surface area contributed by atoms with Crippen molar-refractivity contribution in [3.8, 4) is 11.3 Å². The molecule has 2 heterocycles. The van der Waals surface area contributed by atoms with Gasteiger partial charge in [-0.2, -0.15) is 5.10 Å². The second kappa shape index (κ2) is 5.00. The van der Waals surface area contributed by atoms with Gasteiger partial charge < -0.3 is 10.2 Å². The van der Waals surface area contributed by atoms with Gasteiger partial charge in [-0.25, -0.2) is 4.79 Å². The van der Waals surface area contributed by atoms with E-state index in [2.05, 4.69) is 46.7 Å². The van der Waals surface area contributed by atoms with Crippen LogP contribution in [0.3, 0.4) is 0 Å². The van der Waals surface area contributed by atoms with Crippen LogP contribution in [0.1, 0.15) is 16.8 Å². The molecule has 104 valence electrons. The Morgan fingerprint density at radius 2 is 2.10 bits per heavy atom. The quantitative estimate of drug-likeness (QED) is 0.833. The van der Waals surface area contributed by atoms with Crippen LogP contribution in [0.4, 0.5) is 4.79 Å². The number of hydrogen-bond acceptors (Lipinski definition) is 2. The maximum atomic E-state index is 11.8. The number of aryl methyl sites for hydroxylation is 1. The first-order valence-corrected chi connectivity index (χ1v) is 6.79. The molecule has 1 aromatic carbocycles. The fourth-order valence-electron chi connectivity index (χ4n) is 2.58. The zero-order valence-corrected chi connectivity index (χ0v) is 11.7. The van der Waals surface area contributed by atoms with Crippen LogP contribution in [0.25, 0.3) is 11.3 Å². The van der Waals surface area contributed by atoms with E-state index in [9.17, 15) is 4.79 Å². The summed E-state index contributed by atoms with van der Waals surface area (Å²) < 4.78 is 0. The van der Waals surface area contributed by atoms with Gasteiger partial charge in [-0.15, -0.1) is 0 Å². The number of fused-ring (bicyclic) bond motifs is 1. The Labute approximate surface area is 118 Å². The number of carbonyl (C=O) groups is 1. The van der Waals surface area contributed by atoms with Gasteiger partial charge in [-0.1, -0.05) is 29.8 Å². The Bertz CT molecular complexity index is 630. The van der Waals surface area contributed by atoms with Crippen LogP contribution in [-0.4, -0.2) is 34.7 Å². The van der Waals surface area contributed by atoms with Gasteiger partial charge in [0.25, 0.3) is 0 Å². The Hall–Kier alpha value is -2.30.